The molecule has 40 heavy (non-hydrogen) atoms. The topological polar surface area (TPSA) is 100 Å². The summed E-state index contributed by atoms with van der Waals surface area (Å²) in [6, 6.07) is 13.5. The molecule has 0 saturated heterocycles. The zero-order valence-electron chi connectivity index (χ0n) is 22.8. The Hall–Kier alpha value is -3.86. The zero-order valence-corrected chi connectivity index (χ0v) is 24.4. The summed E-state index contributed by atoms with van der Waals surface area (Å²) >= 11 is 7.95. The van der Waals surface area contributed by atoms with Crippen molar-refractivity contribution >= 4 is 39.9 Å². The maximum Gasteiger partial charge on any atom is 0.262 e. The molecule has 0 fully saturated rings. The van der Waals surface area contributed by atoms with Crippen LogP contribution in [0.5, 0.6) is 11.5 Å². The highest BCUT2D eigenvalue weighted by molar-refractivity contribution is 7.16. The summed E-state index contributed by atoms with van der Waals surface area (Å²) in [4.78, 5) is 19.4. The first-order chi connectivity index (χ1) is 19.2. The van der Waals surface area contributed by atoms with Crippen molar-refractivity contribution in [3.63, 3.8) is 0 Å². The summed E-state index contributed by atoms with van der Waals surface area (Å²) in [5.74, 6) is 0.429. The molecule has 0 spiro atoms. The molecule has 0 unspecified atom stereocenters. The molecule has 0 bridgehead atoms. The largest absolute Gasteiger partial charge is 0.492 e. The number of thiophene rings is 1. The fraction of sp³-hybridized carbons (Fsp3) is 0.276. The molecule has 0 radical (unpaired) electrons. The molecule has 0 saturated carbocycles. The number of aromatic nitrogens is 4. The van der Waals surface area contributed by atoms with Crippen LogP contribution in [-0.2, 0) is 7.05 Å². The lowest BCUT2D eigenvalue weighted by atomic mass is 10.1. The van der Waals surface area contributed by atoms with E-state index in [1.54, 1.807) is 11.0 Å². The van der Waals surface area contributed by atoms with Crippen molar-refractivity contribution in [1.29, 1.82) is 0 Å². The van der Waals surface area contributed by atoms with Crippen LogP contribution in [0.4, 0.5) is 0 Å². The van der Waals surface area contributed by atoms with Gasteiger partial charge in [-0.1, -0.05) is 29.8 Å². The highest BCUT2D eigenvalue weighted by Crippen LogP contribution is 2.39. The first-order valence-electron chi connectivity index (χ1n) is 12.8. The number of amides is 1. The number of benzene rings is 2. The number of fused-ring (bicyclic) bond motifs is 1. The second-order valence-electron chi connectivity index (χ2n) is 9.79. The number of halogens is 1. The zero-order chi connectivity index (χ0) is 28.4. The Morgan fingerprint density at radius 2 is 2.00 bits per heavy atom. The van der Waals surface area contributed by atoms with Gasteiger partial charge in [-0.3, -0.25) is 14.0 Å². The van der Waals surface area contributed by atoms with Crippen LogP contribution in [0.2, 0.25) is 5.02 Å². The van der Waals surface area contributed by atoms with Gasteiger partial charge in [-0.2, -0.15) is 5.10 Å². The minimum atomic E-state index is -0.564. The van der Waals surface area contributed by atoms with Crippen LogP contribution in [0.15, 0.2) is 61.2 Å². The standard InChI is InChI=1S/C29H31ClN6O3S/c1-18(21-7-5-8-24(27(21)30)38-12-6-11-34(2)3)39-25-14-26(40-28(25)29(31)37)36-17-32-22-13-19(9-10-23(22)36)20-15-33-35(4)16-20/h5,7-10,13-18H,6,11-12H2,1-4H3,(H2,31,37)/t18-/m1/s1. The summed E-state index contributed by atoms with van der Waals surface area (Å²) in [5, 5.41) is 5.50. The number of nitrogens with two attached hydrogens (primary N) is 1. The van der Waals surface area contributed by atoms with E-state index in [9.17, 15) is 4.79 Å². The summed E-state index contributed by atoms with van der Waals surface area (Å²) in [6.07, 6.45) is 5.93. The van der Waals surface area contributed by atoms with Gasteiger partial charge in [-0.25, -0.2) is 4.98 Å². The lowest BCUT2D eigenvalue weighted by molar-refractivity contribution is 0.0998. The summed E-state index contributed by atoms with van der Waals surface area (Å²) in [6.45, 7) is 3.36. The highest BCUT2D eigenvalue weighted by Gasteiger charge is 2.22. The van der Waals surface area contributed by atoms with Crippen molar-refractivity contribution in [1.82, 2.24) is 24.2 Å². The molecule has 3 aromatic heterocycles. The molecule has 3 heterocycles. The normalized spacial score (nSPS) is 12.2. The minimum Gasteiger partial charge on any atom is -0.492 e. The molecule has 2 N–H and O–H groups in total. The average Bonchev–Trinajstić information content (AvgIpc) is 3.65. The second-order valence-corrected chi connectivity index (χ2v) is 11.2. The monoisotopic (exact) mass is 578 g/mol. The molecule has 0 aliphatic heterocycles. The minimum absolute atomic E-state index is 0.322. The number of primary amides is 1. The van der Waals surface area contributed by atoms with E-state index in [1.807, 2.05) is 87.5 Å². The van der Waals surface area contributed by atoms with Gasteiger partial charge in [0.15, 0.2) is 0 Å². The van der Waals surface area contributed by atoms with Crippen LogP contribution in [0.25, 0.3) is 27.2 Å². The smallest absolute Gasteiger partial charge is 0.262 e. The number of ether oxygens (including phenoxy) is 2. The van der Waals surface area contributed by atoms with Gasteiger partial charge in [-0.05, 0) is 51.2 Å². The number of hydrogen-bond donors (Lipinski definition) is 1. The highest BCUT2D eigenvalue weighted by atomic mass is 35.5. The first kappa shape index (κ1) is 27.7. The third-order valence-corrected chi connectivity index (χ3v) is 8.01. The summed E-state index contributed by atoms with van der Waals surface area (Å²) < 4.78 is 15.9. The molecule has 0 aliphatic rings. The van der Waals surface area contributed by atoms with Crippen molar-refractivity contribution in [2.75, 3.05) is 27.2 Å². The van der Waals surface area contributed by atoms with E-state index in [0.717, 1.165) is 45.7 Å². The molecule has 11 heteroatoms. The van der Waals surface area contributed by atoms with Crippen LogP contribution < -0.4 is 15.2 Å². The van der Waals surface area contributed by atoms with Crippen molar-refractivity contribution in [2.45, 2.75) is 19.4 Å². The molecule has 5 aromatic rings. The molecule has 1 amide bonds. The molecule has 9 nitrogen and oxygen atoms in total. The lowest BCUT2D eigenvalue weighted by Gasteiger charge is -2.18. The summed E-state index contributed by atoms with van der Waals surface area (Å²) in [5.41, 5.74) is 10.3. The Labute approximate surface area is 241 Å². The number of nitrogens with zero attached hydrogens (tertiary/aromatic N) is 5. The van der Waals surface area contributed by atoms with Gasteiger partial charge in [0.05, 0.1) is 28.9 Å². The predicted molar refractivity (Wildman–Crippen MR) is 159 cm³/mol. The van der Waals surface area contributed by atoms with Crippen molar-refractivity contribution < 1.29 is 14.3 Å². The number of aryl methyl sites for hydroxylation is 1. The van der Waals surface area contributed by atoms with Gasteiger partial charge < -0.3 is 20.1 Å². The van der Waals surface area contributed by atoms with Gasteiger partial charge in [0.1, 0.15) is 33.8 Å². The third-order valence-electron chi connectivity index (χ3n) is 6.47. The van der Waals surface area contributed by atoms with E-state index in [1.165, 1.54) is 11.3 Å². The number of imidazole rings is 1. The second kappa shape index (κ2) is 11.7. The van der Waals surface area contributed by atoms with Crippen LogP contribution in [-0.4, -0.2) is 57.4 Å². The first-order valence-corrected chi connectivity index (χ1v) is 14.0. The predicted octanol–water partition coefficient (Wildman–Crippen LogP) is 5.71. The SMILES string of the molecule is C[C@@H](Oc1cc(-n2cnc3cc(-c4cnn(C)c4)ccc32)sc1C(N)=O)c1cccc(OCCCN(C)C)c1Cl. The van der Waals surface area contributed by atoms with Gasteiger partial charge >= 0.3 is 0 Å². The number of carbonyl (C=O) groups excluding carboxylic acids is 1. The van der Waals surface area contributed by atoms with Crippen molar-refractivity contribution in [2.24, 2.45) is 12.8 Å². The third kappa shape index (κ3) is 5.84. The number of hydrogen-bond acceptors (Lipinski definition) is 7. The van der Waals surface area contributed by atoms with E-state index in [2.05, 4.69) is 15.0 Å². The maximum absolute atomic E-state index is 12.4. The van der Waals surface area contributed by atoms with Crippen LogP contribution in [0, 0.1) is 0 Å². The molecule has 5 rings (SSSR count). The van der Waals surface area contributed by atoms with Crippen LogP contribution in [0.1, 0.15) is 34.7 Å². The molecule has 2 aromatic carbocycles. The van der Waals surface area contributed by atoms with Gasteiger partial charge in [0, 0.05) is 37.0 Å². The molecular formula is C29H31ClN6O3S. The quantitative estimate of drug-likeness (QED) is 0.201. The van der Waals surface area contributed by atoms with Gasteiger partial charge in [0.25, 0.3) is 5.91 Å². The van der Waals surface area contributed by atoms with Crippen molar-refractivity contribution in [3.8, 4) is 27.6 Å². The Balaban J connectivity index is 1.39. The fourth-order valence-electron chi connectivity index (χ4n) is 4.45. The summed E-state index contributed by atoms with van der Waals surface area (Å²) in [7, 11) is 5.94. The molecule has 1 atom stereocenters. The van der Waals surface area contributed by atoms with Gasteiger partial charge in [0.2, 0.25) is 0 Å². The Morgan fingerprint density at radius 1 is 1.18 bits per heavy atom. The maximum atomic E-state index is 12.4. The number of rotatable bonds is 11. The Morgan fingerprint density at radius 3 is 2.73 bits per heavy atom. The molecule has 208 valence electrons. The lowest BCUT2D eigenvalue weighted by Crippen LogP contribution is -2.15. The molecular weight excluding hydrogens is 548 g/mol. The van der Waals surface area contributed by atoms with Crippen LogP contribution in [0.3, 0.4) is 0 Å². The van der Waals surface area contributed by atoms with Gasteiger partial charge in [-0.15, -0.1) is 11.3 Å². The Bertz CT molecular complexity index is 1660. The van der Waals surface area contributed by atoms with E-state index in [0.29, 0.717) is 28.0 Å². The average molecular weight is 579 g/mol. The molecule has 0 aliphatic carbocycles. The van der Waals surface area contributed by atoms with E-state index in [4.69, 9.17) is 26.8 Å². The van der Waals surface area contributed by atoms with Crippen molar-refractivity contribution in [3.05, 3.63) is 76.6 Å². The number of carbonyl (C=O) groups is 1. The van der Waals surface area contributed by atoms with E-state index < -0.39 is 12.0 Å². The van der Waals surface area contributed by atoms with E-state index in [-0.39, 0.29) is 0 Å². The van der Waals surface area contributed by atoms with Crippen LogP contribution >= 0.6 is 22.9 Å². The van der Waals surface area contributed by atoms with E-state index >= 15 is 0 Å². The Kier molecular flexibility index (Phi) is 8.11. The fourth-order valence-corrected chi connectivity index (χ4v) is 5.71.